The molecule has 0 heterocycles. The third-order valence-corrected chi connectivity index (χ3v) is 4.49. The number of hydrogen-bond donors (Lipinski definition) is 0. The molecule has 0 N–H and O–H groups in total. The zero-order chi connectivity index (χ0) is 12.6. The van der Waals surface area contributed by atoms with Crippen molar-refractivity contribution < 1.29 is 0 Å². The van der Waals surface area contributed by atoms with Crippen LogP contribution in [-0.2, 0) is 0 Å². The van der Waals surface area contributed by atoms with Gasteiger partial charge in [0.05, 0.1) is 0 Å². The third-order valence-electron chi connectivity index (χ3n) is 2.31. The van der Waals surface area contributed by atoms with Gasteiger partial charge in [0, 0.05) is 16.3 Å². The van der Waals surface area contributed by atoms with E-state index in [9.17, 15) is 0 Å². The molecule has 0 unspecified atom stereocenters. The predicted molar refractivity (Wildman–Crippen MR) is 81.6 cm³/mol. The molecule has 0 aliphatic heterocycles. The molecule has 18 heavy (non-hydrogen) atoms. The summed E-state index contributed by atoms with van der Waals surface area (Å²) in [6.45, 7) is 3.28. The van der Waals surface area contributed by atoms with Crippen LogP contribution in [0.15, 0.2) is 70.5 Å². The van der Waals surface area contributed by atoms with E-state index in [1.165, 1.54) is 9.79 Å². The van der Waals surface area contributed by atoms with Crippen LogP contribution in [0.3, 0.4) is 0 Å². The van der Waals surface area contributed by atoms with Gasteiger partial charge < -0.3 is 0 Å². The van der Waals surface area contributed by atoms with E-state index < -0.39 is 0 Å². The van der Waals surface area contributed by atoms with Gasteiger partial charge in [-0.05, 0) is 54.6 Å². The van der Waals surface area contributed by atoms with Gasteiger partial charge >= 0.3 is 0 Å². The fourth-order valence-electron chi connectivity index (χ4n) is 1.49. The van der Waals surface area contributed by atoms with Crippen LogP contribution in [-0.4, -0.2) is 10.3 Å². The second-order valence-corrected chi connectivity index (χ2v) is 6.29. The van der Waals surface area contributed by atoms with Crippen molar-refractivity contribution in [3.05, 3.63) is 60.7 Å². The normalized spacial score (nSPS) is 10.8. The average molecular weight is 275 g/mol. The highest BCUT2D eigenvalue weighted by atomic mass is 32.2. The zero-order valence-corrected chi connectivity index (χ0v) is 12.1. The molecule has 3 heteroatoms. The van der Waals surface area contributed by atoms with Crippen LogP contribution in [0, 0.1) is 0 Å². The molecule has 0 saturated heterocycles. The Morgan fingerprint density at radius 2 is 1.22 bits per heavy atom. The number of nitrogens with zero attached hydrogens (tertiary/aromatic N) is 1. The number of benzene rings is 2. The van der Waals surface area contributed by atoms with E-state index in [-0.39, 0.29) is 0 Å². The molecule has 0 bridgehead atoms. The molecule has 0 aromatic heterocycles. The summed E-state index contributed by atoms with van der Waals surface area (Å²) in [6, 6.07) is 21.0. The summed E-state index contributed by atoms with van der Waals surface area (Å²) in [6.07, 6.45) is 1.15. The molecule has 0 radical (unpaired) electrons. The van der Waals surface area contributed by atoms with Gasteiger partial charge in [-0.1, -0.05) is 43.3 Å². The second kappa shape index (κ2) is 7.52. The molecular formula is C15H17NS2. The Kier molecular flexibility index (Phi) is 5.65. The predicted octanol–water partition coefficient (Wildman–Crippen LogP) is 5.11. The van der Waals surface area contributed by atoms with E-state index in [4.69, 9.17) is 0 Å². The maximum atomic E-state index is 2.34. The lowest BCUT2D eigenvalue weighted by atomic mass is 10.4. The van der Waals surface area contributed by atoms with Crippen molar-refractivity contribution >= 4 is 23.9 Å². The molecule has 0 aliphatic carbocycles. The van der Waals surface area contributed by atoms with Crippen LogP contribution in [0.2, 0.25) is 0 Å². The summed E-state index contributed by atoms with van der Waals surface area (Å²) in [5.41, 5.74) is 0. The van der Waals surface area contributed by atoms with Crippen LogP contribution in [0.25, 0.3) is 0 Å². The Hall–Kier alpha value is -0.900. The molecule has 0 spiro atoms. The Balaban J connectivity index is 2.00. The smallest absolute Gasteiger partial charge is 0.0238 e. The van der Waals surface area contributed by atoms with Crippen LogP contribution >= 0.6 is 23.9 Å². The topological polar surface area (TPSA) is 3.24 Å². The fourth-order valence-corrected chi connectivity index (χ4v) is 3.73. The maximum absolute atomic E-state index is 2.34. The fraction of sp³-hybridized carbons (Fsp3) is 0.200. The van der Waals surface area contributed by atoms with Crippen molar-refractivity contribution in [2.45, 2.75) is 23.1 Å². The Labute approximate surface area is 118 Å². The zero-order valence-electron chi connectivity index (χ0n) is 10.5. The molecule has 0 fully saturated rings. The molecule has 94 valence electrons. The standard InChI is InChI=1S/C15H17NS2/c1-2-13-16(17-14-9-5-3-6-10-14)18-15-11-7-4-8-12-15/h3-12H,2,13H2,1H3. The molecule has 1 nitrogen and oxygen atoms in total. The summed E-state index contributed by atoms with van der Waals surface area (Å²) in [5, 5.41) is 0. The lowest BCUT2D eigenvalue weighted by Gasteiger charge is -2.18. The third kappa shape index (κ3) is 4.41. The highest BCUT2D eigenvalue weighted by Gasteiger charge is 2.07. The lowest BCUT2D eigenvalue weighted by molar-refractivity contribution is 0.708. The van der Waals surface area contributed by atoms with Gasteiger partial charge in [0.2, 0.25) is 0 Å². The van der Waals surface area contributed by atoms with Gasteiger partial charge in [-0.2, -0.15) is 3.71 Å². The molecular weight excluding hydrogens is 258 g/mol. The van der Waals surface area contributed by atoms with E-state index in [0.717, 1.165) is 13.0 Å². The molecule has 2 rings (SSSR count). The molecule has 0 saturated carbocycles. The Morgan fingerprint density at radius 1 is 0.778 bits per heavy atom. The minimum atomic E-state index is 1.07. The minimum Gasteiger partial charge on any atom is -0.186 e. The first kappa shape index (κ1) is 13.5. The average Bonchev–Trinajstić information content (AvgIpc) is 2.41. The van der Waals surface area contributed by atoms with Gasteiger partial charge in [0.25, 0.3) is 0 Å². The Bertz CT molecular complexity index is 403. The summed E-state index contributed by atoms with van der Waals surface area (Å²) >= 11 is 3.61. The van der Waals surface area contributed by atoms with Crippen molar-refractivity contribution in [3.63, 3.8) is 0 Å². The van der Waals surface area contributed by atoms with E-state index in [1.54, 1.807) is 23.9 Å². The van der Waals surface area contributed by atoms with Gasteiger partial charge in [0.1, 0.15) is 0 Å². The van der Waals surface area contributed by atoms with E-state index >= 15 is 0 Å². The second-order valence-electron chi connectivity index (χ2n) is 3.87. The summed E-state index contributed by atoms with van der Waals surface area (Å²) in [7, 11) is 0. The first-order chi connectivity index (χ1) is 8.88. The van der Waals surface area contributed by atoms with Crippen molar-refractivity contribution in [2.75, 3.05) is 6.54 Å². The van der Waals surface area contributed by atoms with Crippen LogP contribution in [0.1, 0.15) is 13.3 Å². The van der Waals surface area contributed by atoms with E-state index in [0.29, 0.717) is 0 Å². The molecule has 2 aromatic carbocycles. The quantitative estimate of drug-likeness (QED) is 0.674. The van der Waals surface area contributed by atoms with E-state index in [1.807, 2.05) is 0 Å². The molecule has 0 atom stereocenters. The SMILES string of the molecule is CCCN(Sc1ccccc1)Sc1ccccc1. The minimum absolute atomic E-state index is 1.07. The first-order valence-corrected chi connectivity index (χ1v) is 7.66. The lowest BCUT2D eigenvalue weighted by Crippen LogP contribution is -2.06. The summed E-state index contributed by atoms with van der Waals surface area (Å²) < 4.78 is 2.34. The van der Waals surface area contributed by atoms with Crippen LogP contribution in [0.4, 0.5) is 0 Å². The van der Waals surface area contributed by atoms with Gasteiger partial charge in [-0.3, -0.25) is 0 Å². The number of rotatable bonds is 6. The van der Waals surface area contributed by atoms with Crippen molar-refractivity contribution in [1.82, 2.24) is 3.71 Å². The monoisotopic (exact) mass is 275 g/mol. The largest absolute Gasteiger partial charge is 0.186 e. The highest BCUT2D eigenvalue weighted by molar-refractivity contribution is 8.12. The van der Waals surface area contributed by atoms with Crippen LogP contribution < -0.4 is 0 Å². The van der Waals surface area contributed by atoms with Gasteiger partial charge in [0.15, 0.2) is 0 Å². The highest BCUT2D eigenvalue weighted by Crippen LogP contribution is 2.33. The van der Waals surface area contributed by atoms with Crippen molar-refractivity contribution in [1.29, 1.82) is 0 Å². The number of hydrogen-bond acceptors (Lipinski definition) is 3. The van der Waals surface area contributed by atoms with Gasteiger partial charge in [-0.15, -0.1) is 0 Å². The molecule has 0 amide bonds. The molecule has 2 aromatic rings. The van der Waals surface area contributed by atoms with Gasteiger partial charge in [-0.25, -0.2) is 0 Å². The maximum Gasteiger partial charge on any atom is 0.0238 e. The van der Waals surface area contributed by atoms with Crippen LogP contribution in [0.5, 0.6) is 0 Å². The first-order valence-electron chi connectivity index (χ1n) is 6.12. The Morgan fingerprint density at radius 3 is 1.61 bits per heavy atom. The van der Waals surface area contributed by atoms with E-state index in [2.05, 4.69) is 71.3 Å². The van der Waals surface area contributed by atoms with Crippen molar-refractivity contribution in [3.8, 4) is 0 Å². The molecule has 0 aliphatic rings. The summed E-state index contributed by atoms with van der Waals surface area (Å²) in [5.74, 6) is 0. The summed E-state index contributed by atoms with van der Waals surface area (Å²) in [4.78, 5) is 2.57. The van der Waals surface area contributed by atoms with Crippen molar-refractivity contribution in [2.24, 2.45) is 0 Å².